The van der Waals surface area contributed by atoms with E-state index in [1.54, 1.807) is 0 Å². The number of morpholine rings is 1. The average Bonchev–Trinajstić information content (AvgIpc) is 2.22. The lowest BCUT2D eigenvalue weighted by molar-refractivity contribution is -0.160. The highest BCUT2D eigenvalue weighted by atomic mass is 16.5. The number of nitrogens with zero attached hydrogens (tertiary/aromatic N) is 1. The molecule has 86 valence electrons. The lowest BCUT2D eigenvalue weighted by Crippen LogP contribution is -2.50. The maximum absolute atomic E-state index is 11.3. The average molecular weight is 216 g/mol. The van der Waals surface area contributed by atoms with Gasteiger partial charge in [0, 0.05) is 13.2 Å². The summed E-state index contributed by atoms with van der Waals surface area (Å²) in [4.78, 5) is 23.8. The predicted octanol–water partition coefficient (Wildman–Crippen LogP) is -1.26. The van der Waals surface area contributed by atoms with Crippen LogP contribution in [-0.2, 0) is 19.1 Å². The van der Waals surface area contributed by atoms with Crippen molar-refractivity contribution >= 4 is 11.8 Å². The fraction of sp³-hybridized carbons (Fsp3) is 0.778. The molecular weight excluding hydrogens is 200 g/mol. The Morgan fingerprint density at radius 2 is 2.07 bits per heavy atom. The molecule has 2 N–H and O–H groups in total. The highest BCUT2D eigenvalue weighted by molar-refractivity contribution is 5.98. The van der Waals surface area contributed by atoms with Crippen LogP contribution < -0.4 is 5.73 Å². The molecule has 0 aromatic heterocycles. The monoisotopic (exact) mass is 216 g/mol. The van der Waals surface area contributed by atoms with E-state index in [0.717, 1.165) is 4.90 Å². The zero-order chi connectivity index (χ0) is 11.3. The van der Waals surface area contributed by atoms with E-state index in [0.29, 0.717) is 6.61 Å². The smallest absolute Gasteiger partial charge is 0.255 e. The van der Waals surface area contributed by atoms with Gasteiger partial charge >= 0.3 is 0 Å². The first kappa shape index (κ1) is 12.1. The van der Waals surface area contributed by atoms with Crippen molar-refractivity contribution in [3.05, 3.63) is 0 Å². The minimum absolute atomic E-state index is 0.0465. The number of carbonyl (C=O) groups excluding carboxylic acids is 2. The molecule has 0 saturated carbocycles. The third kappa shape index (κ3) is 3.26. The van der Waals surface area contributed by atoms with Gasteiger partial charge in [0.25, 0.3) is 11.8 Å². The number of carbonyl (C=O) groups is 2. The van der Waals surface area contributed by atoms with Gasteiger partial charge in [-0.15, -0.1) is 0 Å². The van der Waals surface area contributed by atoms with Crippen molar-refractivity contribution in [2.75, 3.05) is 32.9 Å². The van der Waals surface area contributed by atoms with Gasteiger partial charge in [0.05, 0.1) is 12.6 Å². The first-order valence-electron chi connectivity index (χ1n) is 4.91. The third-order valence-corrected chi connectivity index (χ3v) is 2.10. The number of nitrogens with two attached hydrogens (primary N) is 1. The minimum atomic E-state index is -0.329. The van der Waals surface area contributed by atoms with E-state index in [-0.39, 0.29) is 44.2 Å². The molecule has 1 aliphatic heterocycles. The first-order valence-corrected chi connectivity index (χ1v) is 4.91. The van der Waals surface area contributed by atoms with Crippen LogP contribution in [0.25, 0.3) is 0 Å². The van der Waals surface area contributed by atoms with Crippen LogP contribution >= 0.6 is 0 Å². The lowest BCUT2D eigenvalue weighted by Gasteiger charge is -2.28. The summed E-state index contributed by atoms with van der Waals surface area (Å²) >= 11 is 0. The van der Waals surface area contributed by atoms with Gasteiger partial charge in [-0.2, -0.15) is 0 Å². The predicted molar refractivity (Wildman–Crippen MR) is 52.0 cm³/mol. The summed E-state index contributed by atoms with van der Waals surface area (Å²) in [6.45, 7) is 2.75. The molecular formula is C9H16N2O4. The molecule has 0 bridgehead atoms. The molecule has 1 atom stereocenters. The largest absolute Gasteiger partial charge is 0.375 e. The molecule has 1 rings (SSSR count). The molecule has 6 heteroatoms. The first-order chi connectivity index (χ1) is 7.19. The summed E-state index contributed by atoms with van der Waals surface area (Å²) in [7, 11) is 0. The van der Waals surface area contributed by atoms with Crippen LogP contribution in [0.15, 0.2) is 0 Å². The van der Waals surface area contributed by atoms with Gasteiger partial charge in [-0.25, -0.2) is 0 Å². The Labute approximate surface area is 88.3 Å². The SMILES string of the molecule is CCOC(CN)CN1C(=O)COCC1=O. The van der Waals surface area contributed by atoms with Crippen molar-refractivity contribution < 1.29 is 19.1 Å². The van der Waals surface area contributed by atoms with Crippen LogP contribution in [0.5, 0.6) is 0 Å². The van der Waals surface area contributed by atoms with Gasteiger partial charge < -0.3 is 15.2 Å². The second-order valence-electron chi connectivity index (χ2n) is 3.20. The second-order valence-corrected chi connectivity index (χ2v) is 3.20. The number of rotatable bonds is 5. The zero-order valence-electron chi connectivity index (χ0n) is 8.77. The van der Waals surface area contributed by atoms with E-state index in [4.69, 9.17) is 15.2 Å². The van der Waals surface area contributed by atoms with Crippen LogP contribution in [0.3, 0.4) is 0 Å². The zero-order valence-corrected chi connectivity index (χ0v) is 8.77. The van der Waals surface area contributed by atoms with Gasteiger partial charge in [0.1, 0.15) is 13.2 Å². The van der Waals surface area contributed by atoms with Crippen LogP contribution in [-0.4, -0.2) is 55.7 Å². The Kier molecular flexibility index (Phi) is 4.67. The molecule has 6 nitrogen and oxygen atoms in total. The van der Waals surface area contributed by atoms with Crippen LogP contribution in [0.1, 0.15) is 6.92 Å². The Morgan fingerprint density at radius 1 is 1.47 bits per heavy atom. The van der Waals surface area contributed by atoms with Gasteiger partial charge in [0.2, 0.25) is 0 Å². The quantitative estimate of drug-likeness (QED) is 0.580. The van der Waals surface area contributed by atoms with Gasteiger partial charge in [0.15, 0.2) is 0 Å². The fourth-order valence-corrected chi connectivity index (χ4v) is 1.36. The third-order valence-electron chi connectivity index (χ3n) is 2.10. The maximum Gasteiger partial charge on any atom is 0.255 e. The van der Waals surface area contributed by atoms with Crippen LogP contribution in [0, 0.1) is 0 Å². The highest BCUT2D eigenvalue weighted by Crippen LogP contribution is 2.03. The standard InChI is InChI=1S/C9H16N2O4/c1-2-15-7(3-10)4-11-8(12)5-14-6-9(11)13/h7H,2-6,10H2,1H3. The molecule has 0 radical (unpaired) electrons. The van der Waals surface area contributed by atoms with Crippen molar-refractivity contribution in [1.29, 1.82) is 0 Å². The molecule has 1 fully saturated rings. The number of ether oxygens (including phenoxy) is 2. The number of imide groups is 1. The molecule has 0 spiro atoms. The van der Waals surface area contributed by atoms with E-state index in [9.17, 15) is 9.59 Å². The molecule has 1 saturated heterocycles. The summed E-state index contributed by atoms with van der Waals surface area (Å²) in [6, 6.07) is 0. The summed E-state index contributed by atoms with van der Waals surface area (Å²) in [6.07, 6.45) is -0.291. The van der Waals surface area contributed by atoms with Gasteiger partial charge in [-0.1, -0.05) is 0 Å². The van der Waals surface area contributed by atoms with Crippen molar-refractivity contribution in [1.82, 2.24) is 4.90 Å². The van der Waals surface area contributed by atoms with E-state index in [1.165, 1.54) is 0 Å². The molecule has 0 aromatic carbocycles. The maximum atomic E-state index is 11.3. The second kappa shape index (κ2) is 5.79. The van der Waals surface area contributed by atoms with E-state index < -0.39 is 0 Å². The lowest BCUT2D eigenvalue weighted by atomic mass is 10.3. The summed E-state index contributed by atoms with van der Waals surface area (Å²) in [5.41, 5.74) is 5.46. The van der Waals surface area contributed by atoms with Gasteiger partial charge in [-0.3, -0.25) is 14.5 Å². The Bertz CT molecular complexity index is 228. The number of hydrogen-bond acceptors (Lipinski definition) is 5. The van der Waals surface area contributed by atoms with Crippen molar-refractivity contribution in [2.24, 2.45) is 5.73 Å². The molecule has 0 aromatic rings. The van der Waals surface area contributed by atoms with Crippen molar-refractivity contribution in [3.8, 4) is 0 Å². The molecule has 1 heterocycles. The number of amides is 2. The molecule has 2 amide bonds. The van der Waals surface area contributed by atoms with Gasteiger partial charge in [-0.05, 0) is 6.92 Å². The molecule has 0 aliphatic carbocycles. The molecule has 1 aliphatic rings. The summed E-state index contributed by atoms with van der Waals surface area (Å²) in [5, 5.41) is 0. The van der Waals surface area contributed by atoms with Crippen LogP contribution in [0.4, 0.5) is 0 Å². The summed E-state index contributed by atoms with van der Waals surface area (Å²) < 4.78 is 10.1. The Balaban J connectivity index is 2.52. The van der Waals surface area contributed by atoms with E-state index in [1.807, 2.05) is 6.92 Å². The molecule has 1 unspecified atom stereocenters. The molecule has 15 heavy (non-hydrogen) atoms. The number of hydrogen-bond donors (Lipinski definition) is 1. The fourth-order valence-electron chi connectivity index (χ4n) is 1.36. The van der Waals surface area contributed by atoms with E-state index >= 15 is 0 Å². The van der Waals surface area contributed by atoms with Crippen molar-refractivity contribution in [2.45, 2.75) is 13.0 Å². The normalized spacial score (nSPS) is 19.5. The summed E-state index contributed by atoms with van der Waals surface area (Å²) in [5.74, 6) is -0.659. The van der Waals surface area contributed by atoms with Crippen LogP contribution in [0.2, 0.25) is 0 Å². The van der Waals surface area contributed by atoms with E-state index in [2.05, 4.69) is 0 Å². The topological polar surface area (TPSA) is 81.9 Å². The van der Waals surface area contributed by atoms with Crippen molar-refractivity contribution in [3.63, 3.8) is 0 Å². The highest BCUT2D eigenvalue weighted by Gasteiger charge is 2.28. The Hall–Kier alpha value is -0.980. The minimum Gasteiger partial charge on any atom is -0.375 e. The Morgan fingerprint density at radius 3 is 2.53 bits per heavy atom.